The molecule has 3 rings (SSSR count). The summed E-state index contributed by atoms with van der Waals surface area (Å²) in [5.41, 5.74) is 12.0. The maximum absolute atomic E-state index is 12.1. The maximum Gasteiger partial charge on any atom is 0.326 e. The fraction of sp³-hybridized carbons (Fsp3) is 0.485. The number of aliphatic carboxylic acids is 4. The zero-order chi connectivity index (χ0) is 35.9. The second-order valence-corrected chi connectivity index (χ2v) is 11.4. The van der Waals surface area contributed by atoms with Gasteiger partial charge in [-0.3, -0.25) is 19.2 Å². The van der Waals surface area contributed by atoms with Crippen molar-refractivity contribution in [3.8, 4) is 0 Å². The fourth-order valence-corrected chi connectivity index (χ4v) is 3.95. The number of piperazine rings is 1. The SMILES string of the molecule is CC(C)CC(C(=O)O)N(C)C(=O)Cc1ccccc1.CN1CCNCC1.NC(CC(=O)O)C(=O)O.NC(Cc1ccccc1)C(=O)O. The molecule has 1 saturated heterocycles. The Hall–Kier alpha value is -4.37. The standard InChI is InChI=1S/C15H21NO3.C9H11NO2.C5H12N2.C4H7NO4/c1-11(2)9-13(15(18)19)16(3)14(17)10-12-7-5-4-6-8-12;10-8(9(11)12)6-7-4-2-1-3-5-7;1-7-4-2-6-3-5-7;5-2(4(8)9)1-3(6)7/h4-8,11,13H,9-10H2,1-3H3,(H,18,19);1-5,8H,6,10H2,(H,11,12);6H,2-5H2,1H3;2H,1,5H2,(H,6,7)(H,8,9). The van der Waals surface area contributed by atoms with Crippen LogP contribution in [0, 0.1) is 5.92 Å². The summed E-state index contributed by atoms with van der Waals surface area (Å²) < 4.78 is 0. The summed E-state index contributed by atoms with van der Waals surface area (Å²) in [6.45, 7) is 8.64. The van der Waals surface area contributed by atoms with Gasteiger partial charge in [0.25, 0.3) is 0 Å². The van der Waals surface area contributed by atoms with Crippen LogP contribution < -0.4 is 16.8 Å². The van der Waals surface area contributed by atoms with Gasteiger partial charge >= 0.3 is 23.9 Å². The smallest absolute Gasteiger partial charge is 0.326 e. The Labute approximate surface area is 276 Å². The van der Waals surface area contributed by atoms with Crippen LogP contribution >= 0.6 is 0 Å². The number of carboxylic acid groups (broad SMARTS) is 4. The van der Waals surface area contributed by atoms with Gasteiger partial charge in [0.15, 0.2) is 0 Å². The van der Waals surface area contributed by atoms with Crippen LogP contribution in [0.1, 0.15) is 37.8 Å². The van der Waals surface area contributed by atoms with Gasteiger partial charge in [0.1, 0.15) is 18.1 Å². The van der Waals surface area contributed by atoms with E-state index < -0.39 is 48.4 Å². The molecule has 1 aliphatic heterocycles. The minimum Gasteiger partial charge on any atom is -0.481 e. The predicted molar refractivity (Wildman–Crippen MR) is 178 cm³/mol. The molecule has 0 saturated carbocycles. The first-order valence-corrected chi connectivity index (χ1v) is 15.2. The topological polar surface area (TPSA) is 237 Å². The molecule has 0 aliphatic carbocycles. The first-order chi connectivity index (χ1) is 22.0. The lowest BCUT2D eigenvalue weighted by molar-refractivity contribution is -0.149. The average molecular weight is 662 g/mol. The van der Waals surface area contributed by atoms with E-state index in [2.05, 4.69) is 17.3 Å². The van der Waals surface area contributed by atoms with E-state index >= 15 is 0 Å². The third-order valence-electron chi connectivity index (χ3n) is 6.71. The van der Waals surface area contributed by atoms with Gasteiger partial charge in [-0.1, -0.05) is 74.5 Å². The van der Waals surface area contributed by atoms with Crippen molar-refractivity contribution in [1.29, 1.82) is 0 Å². The maximum atomic E-state index is 12.1. The number of hydrogen-bond donors (Lipinski definition) is 7. The molecular weight excluding hydrogens is 610 g/mol. The number of amides is 1. The molecule has 262 valence electrons. The van der Waals surface area contributed by atoms with Crippen molar-refractivity contribution in [2.75, 3.05) is 40.3 Å². The minimum atomic E-state index is -1.29. The van der Waals surface area contributed by atoms with Crippen molar-refractivity contribution < 1.29 is 44.4 Å². The van der Waals surface area contributed by atoms with Crippen LogP contribution in [0.25, 0.3) is 0 Å². The minimum absolute atomic E-state index is 0.167. The number of rotatable bonds is 12. The average Bonchev–Trinajstić information content (AvgIpc) is 3.01. The Bertz CT molecular complexity index is 1210. The van der Waals surface area contributed by atoms with Crippen LogP contribution in [0.15, 0.2) is 60.7 Å². The molecular formula is C33H51N5O9. The molecule has 1 aliphatic rings. The highest BCUT2D eigenvalue weighted by atomic mass is 16.4. The number of carboxylic acids is 4. The highest BCUT2D eigenvalue weighted by molar-refractivity contribution is 5.84. The summed E-state index contributed by atoms with van der Waals surface area (Å²) in [5, 5.41) is 37.0. The molecule has 1 amide bonds. The molecule has 14 heteroatoms. The van der Waals surface area contributed by atoms with Gasteiger partial charge in [0.05, 0.1) is 12.8 Å². The first-order valence-electron chi connectivity index (χ1n) is 15.2. The largest absolute Gasteiger partial charge is 0.481 e. The second kappa shape index (κ2) is 23.9. The molecule has 14 nitrogen and oxygen atoms in total. The van der Waals surface area contributed by atoms with E-state index in [1.54, 1.807) is 7.05 Å². The third kappa shape index (κ3) is 21.1. The molecule has 47 heavy (non-hydrogen) atoms. The van der Waals surface area contributed by atoms with Crippen LogP contribution in [0.3, 0.4) is 0 Å². The number of nitrogens with two attached hydrogens (primary N) is 2. The summed E-state index contributed by atoms with van der Waals surface area (Å²) >= 11 is 0. The molecule has 1 heterocycles. The van der Waals surface area contributed by atoms with Gasteiger partial charge in [0, 0.05) is 33.2 Å². The van der Waals surface area contributed by atoms with Gasteiger partial charge in [-0.15, -0.1) is 0 Å². The molecule has 0 bridgehead atoms. The number of carbonyl (C=O) groups excluding carboxylic acids is 1. The molecule has 0 radical (unpaired) electrons. The van der Waals surface area contributed by atoms with Crippen molar-refractivity contribution in [2.24, 2.45) is 17.4 Å². The summed E-state index contributed by atoms with van der Waals surface area (Å²) in [6.07, 6.45) is 0.553. The molecule has 0 spiro atoms. The molecule has 2 aromatic rings. The number of carbonyl (C=O) groups is 5. The van der Waals surface area contributed by atoms with Crippen molar-refractivity contribution >= 4 is 29.8 Å². The molecule has 9 N–H and O–H groups in total. The summed E-state index contributed by atoms with van der Waals surface area (Å²) in [6, 6.07) is 15.8. The van der Waals surface area contributed by atoms with Crippen LogP contribution in [0.2, 0.25) is 0 Å². The van der Waals surface area contributed by atoms with Crippen LogP contribution in [-0.2, 0) is 36.8 Å². The highest BCUT2D eigenvalue weighted by Crippen LogP contribution is 2.12. The predicted octanol–water partition coefficient (Wildman–Crippen LogP) is 1.22. The summed E-state index contributed by atoms with van der Waals surface area (Å²) in [7, 11) is 3.72. The Morgan fingerprint density at radius 2 is 1.26 bits per heavy atom. The van der Waals surface area contributed by atoms with Crippen LogP contribution in [0.4, 0.5) is 0 Å². The Morgan fingerprint density at radius 3 is 1.60 bits per heavy atom. The number of likely N-dealkylation sites (N-methyl/N-ethyl adjacent to an activating group) is 2. The lowest BCUT2D eigenvalue weighted by Gasteiger charge is -2.26. The summed E-state index contributed by atoms with van der Waals surface area (Å²) in [5.74, 6) is -4.34. The van der Waals surface area contributed by atoms with E-state index in [4.69, 9.17) is 26.8 Å². The van der Waals surface area contributed by atoms with E-state index in [1.807, 2.05) is 74.5 Å². The van der Waals surface area contributed by atoms with E-state index in [0.717, 1.165) is 24.2 Å². The van der Waals surface area contributed by atoms with Crippen LogP contribution in [0.5, 0.6) is 0 Å². The van der Waals surface area contributed by atoms with Crippen LogP contribution in [-0.4, -0.2) is 118 Å². The molecule has 1 fully saturated rings. The van der Waals surface area contributed by atoms with E-state index in [0.29, 0.717) is 12.8 Å². The molecule has 3 atom stereocenters. The van der Waals surface area contributed by atoms with E-state index in [9.17, 15) is 29.1 Å². The number of nitrogens with zero attached hydrogens (tertiary/aromatic N) is 2. The zero-order valence-corrected chi connectivity index (χ0v) is 27.6. The van der Waals surface area contributed by atoms with Gasteiger partial charge in [0.2, 0.25) is 5.91 Å². The van der Waals surface area contributed by atoms with E-state index in [1.165, 1.54) is 18.0 Å². The normalized spacial score (nSPS) is 14.3. The van der Waals surface area contributed by atoms with E-state index in [-0.39, 0.29) is 18.2 Å². The Kier molecular flexibility index (Phi) is 21.7. The third-order valence-corrected chi connectivity index (χ3v) is 6.71. The molecule has 2 aromatic carbocycles. The summed E-state index contributed by atoms with van der Waals surface area (Å²) in [4.78, 5) is 57.0. The fourth-order valence-electron chi connectivity index (χ4n) is 3.95. The first kappa shape index (κ1) is 42.6. The molecule has 0 aromatic heterocycles. The quantitative estimate of drug-likeness (QED) is 0.170. The van der Waals surface area contributed by atoms with Gasteiger partial charge < -0.3 is 47.0 Å². The Balaban J connectivity index is 0.000000647. The number of benzene rings is 2. The lowest BCUT2D eigenvalue weighted by Crippen LogP contribution is -2.43. The van der Waals surface area contributed by atoms with Crippen molar-refractivity contribution in [1.82, 2.24) is 15.1 Å². The van der Waals surface area contributed by atoms with Gasteiger partial charge in [-0.25, -0.2) is 4.79 Å². The van der Waals surface area contributed by atoms with Gasteiger partial charge in [-0.2, -0.15) is 0 Å². The van der Waals surface area contributed by atoms with Gasteiger partial charge in [-0.05, 0) is 36.9 Å². The lowest BCUT2D eigenvalue weighted by atomic mass is 10.0. The molecule has 3 unspecified atom stereocenters. The van der Waals surface area contributed by atoms with Crippen molar-refractivity contribution in [3.63, 3.8) is 0 Å². The number of nitrogens with one attached hydrogen (secondary N) is 1. The monoisotopic (exact) mass is 661 g/mol. The van der Waals surface area contributed by atoms with Crippen molar-refractivity contribution in [3.05, 3.63) is 71.8 Å². The van der Waals surface area contributed by atoms with Crippen molar-refractivity contribution in [2.45, 2.75) is 57.7 Å². The zero-order valence-electron chi connectivity index (χ0n) is 27.6. The highest BCUT2D eigenvalue weighted by Gasteiger charge is 2.27. The number of hydrogen-bond acceptors (Lipinski definition) is 9. The Morgan fingerprint density at radius 1 is 0.787 bits per heavy atom. The second-order valence-electron chi connectivity index (χ2n) is 11.4.